The third kappa shape index (κ3) is 7.29. The number of aliphatic hydroxyl groups excluding tert-OH is 1. The smallest absolute Gasteiger partial charge is 0.0752 e. The van der Waals surface area contributed by atoms with Gasteiger partial charge < -0.3 is 5.11 Å². The fraction of sp³-hybridized carbons (Fsp3) is 0.455. The summed E-state index contributed by atoms with van der Waals surface area (Å²) in [4.78, 5) is 0. The van der Waals surface area contributed by atoms with Gasteiger partial charge in [-0.1, -0.05) is 37.3 Å². The molecule has 0 radical (unpaired) electrons. The number of hydrogen-bond donors (Lipinski definition) is 1. The molecule has 1 heteroatoms. The van der Waals surface area contributed by atoms with Gasteiger partial charge in [-0.2, -0.15) is 0 Å². The molecule has 0 rings (SSSR count). The number of aliphatic hydroxyl groups is 1. The van der Waals surface area contributed by atoms with E-state index in [0.717, 1.165) is 12.8 Å². The van der Waals surface area contributed by atoms with E-state index in [9.17, 15) is 0 Å². The molecular formula is C11H18O. The van der Waals surface area contributed by atoms with Crippen LogP contribution in [0.15, 0.2) is 37.0 Å². The van der Waals surface area contributed by atoms with E-state index in [1.807, 2.05) is 6.08 Å². The molecule has 0 aromatic rings. The van der Waals surface area contributed by atoms with Crippen LogP contribution in [0.3, 0.4) is 0 Å². The molecule has 0 saturated carbocycles. The van der Waals surface area contributed by atoms with Gasteiger partial charge in [-0.05, 0) is 19.3 Å². The molecule has 0 aromatic heterocycles. The molecule has 0 aliphatic rings. The Morgan fingerprint density at radius 2 is 1.92 bits per heavy atom. The van der Waals surface area contributed by atoms with Crippen molar-refractivity contribution >= 4 is 0 Å². The lowest BCUT2D eigenvalue weighted by Gasteiger charge is -1.96. The Kier molecular flexibility index (Phi) is 7.71. The van der Waals surface area contributed by atoms with Crippen LogP contribution in [0.25, 0.3) is 0 Å². The van der Waals surface area contributed by atoms with Gasteiger partial charge in [0.2, 0.25) is 0 Å². The van der Waals surface area contributed by atoms with Gasteiger partial charge in [0.15, 0.2) is 0 Å². The van der Waals surface area contributed by atoms with Gasteiger partial charge in [-0.3, -0.25) is 0 Å². The zero-order valence-corrected chi connectivity index (χ0v) is 7.74. The highest BCUT2D eigenvalue weighted by Crippen LogP contribution is 1.95. The Morgan fingerprint density at radius 3 is 2.50 bits per heavy atom. The van der Waals surface area contributed by atoms with Crippen LogP contribution in [0.4, 0.5) is 0 Å². The molecule has 1 unspecified atom stereocenters. The molecule has 0 aromatic carbocycles. The van der Waals surface area contributed by atoms with E-state index in [1.54, 1.807) is 6.08 Å². The van der Waals surface area contributed by atoms with Crippen LogP contribution in [-0.2, 0) is 0 Å². The van der Waals surface area contributed by atoms with Gasteiger partial charge in [-0.25, -0.2) is 0 Å². The predicted molar refractivity (Wildman–Crippen MR) is 54.0 cm³/mol. The van der Waals surface area contributed by atoms with Gasteiger partial charge in [0.25, 0.3) is 0 Å². The van der Waals surface area contributed by atoms with Crippen LogP contribution in [-0.4, -0.2) is 11.2 Å². The number of rotatable bonds is 6. The summed E-state index contributed by atoms with van der Waals surface area (Å²) in [6, 6.07) is 0. The predicted octanol–water partition coefficient (Wildman–Crippen LogP) is 2.84. The van der Waals surface area contributed by atoms with Crippen molar-refractivity contribution in [3.8, 4) is 0 Å². The monoisotopic (exact) mass is 166 g/mol. The minimum Gasteiger partial charge on any atom is -0.389 e. The summed E-state index contributed by atoms with van der Waals surface area (Å²) < 4.78 is 0. The molecule has 68 valence electrons. The second kappa shape index (κ2) is 8.28. The fourth-order valence-corrected chi connectivity index (χ4v) is 0.770. The molecule has 0 heterocycles. The average Bonchev–Trinajstić information content (AvgIpc) is 2.10. The van der Waals surface area contributed by atoms with Crippen molar-refractivity contribution in [1.29, 1.82) is 0 Å². The van der Waals surface area contributed by atoms with Crippen molar-refractivity contribution in [2.75, 3.05) is 0 Å². The molecule has 0 aliphatic carbocycles. The Bertz CT molecular complexity index is 156. The molecular weight excluding hydrogens is 148 g/mol. The van der Waals surface area contributed by atoms with Gasteiger partial charge in [0.1, 0.15) is 0 Å². The molecule has 0 amide bonds. The van der Waals surface area contributed by atoms with Crippen molar-refractivity contribution in [2.45, 2.75) is 32.3 Å². The number of allylic oxidation sites excluding steroid dienone is 3. The summed E-state index contributed by atoms with van der Waals surface area (Å²) in [5, 5.41) is 9.07. The first kappa shape index (κ1) is 11.2. The van der Waals surface area contributed by atoms with Crippen LogP contribution in [0.2, 0.25) is 0 Å². The SMILES string of the molecule is C=CC(O)C/C=C/C/C=C/CC. The molecule has 0 saturated heterocycles. The first-order valence-electron chi connectivity index (χ1n) is 4.41. The normalized spacial score (nSPS) is 14.2. The van der Waals surface area contributed by atoms with E-state index >= 15 is 0 Å². The summed E-state index contributed by atoms with van der Waals surface area (Å²) in [5.41, 5.74) is 0. The van der Waals surface area contributed by atoms with Crippen LogP contribution >= 0.6 is 0 Å². The number of hydrogen-bond acceptors (Lipinski definition) is 1. The van der Waals surface area contributed by atoms with E-state index in [1.165, 1.54) is 0 Å². The maximum absolute atomic E-state index is 9.07. The summed E-state index contributed by atoms with van der Waals surface area (Å²) in [6.07, 6.45) is 12.2. The van der Waals surface area contributed by atoms with Crippen molar-refractivity contribution in [3.63, 3.8) is 0 Å². The summed E-state index contributed by atoms with van der Waals surface area (Å²) in [5.74, 6) is 0. The molecule has 0 aliphatic heterocycles. The topological polar surface area (TPSA) is 20.2 Å². The van der Waals surface area contributed by atoms with Crippen LogP contribution < -0.4 is 0 Å². The highest BCUT2D eigenvalue weighted by molar-refractivity contribution is 4.95. The highest BCUT2D eigenvalue weighted by atomic mass is 16.3. The van der Waals surface area contributed by atoms with E-state index < -0.39 is 6.10 Å². The van der Waals surface area contributed by atoms with Gasteiger partial charge in [0.05, 0.1) is 6.10 Å². The second-order valence-corrected chi connectivity index (χ2v) is 2.63. The zero-order valence-electron chi connectivity index (χ0n) is 7.74. The van der Waals surface area contributed by atoms with Gasteiger partial charge in [-0.15, -0.1) is 6.58 Å². The third-order valence-corrected chi connectivity index (χ3v) is 1.49. The van der Waals surface area contributed by atoms with Crippen molar-refractivity contribution < 1.29 is 5.11 Å². The lowest BCUT2D eigenvalue weighted by molar-refractivity contribution is 0.227. The maximum atomic E-state index is 9.07. The molecule has 0 bridgehead atoms. The second-order valence-electron chi connectivity index (χ2n) is 2.63. The molecule has 1 N–H and O–H groups in total. The quantitative estimate of drug-likeness (QED) is 0.601. The summed E-state index contributed by atoms with van der Waals surface area (Å²) in [7, 11) is 0. The molecule has 1 nitrogen and oxygen atoms in total. The van der Waals surface area contributed by atoms with E-state index in [-0.39, 0.29) is 0 Å². The van der Waals surface area contributed by atoms with Crippen LogP contribution in [0.5, 0.6) is 0 Å². The lowest BCUT2D eigenvalue weighted by atomic mass is 10.2. The minimum absolute atomic E-state index is 0.392. The Morgan fingerprint density at radius 1 is 1.25 bits per heavy atom. The Balaban J connectivity index is 3.37. The average molecular weight is 166 g/mol. The molecule has 12 heavy (non-hydrogen) atoms. The van der Waals surface area contributed by atoms with E-state index in [0.29, 0.717) is 6.42 Å². The van der Waals surface area contributed by atoms with E-state index in [2.05, 4.69) is 31.7 Å². The fourth-order valence-electron chi connectivity index (χ4n) is 0.770. The minimum atomic E-state index is -0.392. The Labute approximate surface area is 75.1 Å². The lowest BCUT2D eigenvalue weighted by Crippen LogP contribution is -1.97. The summed E-state index contributed by atoms with van der Waals surface area (Å²) >= 11 is 0. The van der Waals surface area contributed by atoms with Crippen molar-refractivity contribution in [2.24, 2.45) is 0 Å². The van der Waals surface area contributed by atoms with Crippen molar-refractivity contribution in [3.05, 3.63) is 37.0 Å². The standard InChI is InChI=1S/C11H18O/c1-3-5-6-7-8-9-10-11(12)4-2/h4-6,8-9,11-12H,2-3,7,10H2,1H3/b6-5+,9-8+. The van der Waals surface area contributed by atoms with Crippen molar-refractivity contribution in [1.82, 2.24) is 0 Å². The van der Waals surface area contributed by atoms with Crippen LogP contribution in [0.1, 0.15) is 26.2 Å². The zero-order chi connectivity index (χ0) is 9.23. The molecule has 0 spiro atoms. The largest absolute Gasteiger partial charge is 0.389 e. The maximum Gasteiger partial charge on any atom is 0.0752 e. The van der Waals surface area contributed by atoms with Crippen LogP contribution in [0, 0.1) is 0 Å². The molecule has 1 atom stereocenters. The summed E-state index contributed by atoms with van der Waals surface area (Å²) in [6.45, 7) is 5.60. The highest BCUT2D eigenvalue weighted by Gasteiger charge is 1.90. The first-order chi connectivity index (χ1) is 5.81. The third-order valence-electron chi connectivity index (χ3n) is 1.49. The first-order valence-corrected chi connectivity index (χ1v) is 4.41. The Hall–Kier alpha value is -0.820. The van der Waals surface area contributed by atoms with E-state index in [4.69, 9.17) is 5.11 Å². The molecule has 0 fully saturated rings. The van der Waals surface area contributed by atoms with Gasteiger partial charge in [0, 0.05) is 0 Å². The van der Waals surface area contributed by atoms with Gasteiger partial charge >= 0.3 is 0 Å².